The SMILES string of the molecule is C[C@@H]1CCCN(c2ccc(N3C(=O)CCCC3=O)cc2[N+](=O)[O-])C1. The molecule has 2 amide bonds. The lowest BCUT2D eigenvalue weighted by Crippen LogP contribution is -2.40. The average molecular weight is 331 g/mol. The highest BCUT2D eigenvalue weighted by Crippen LogP contribution is 2.35. The third kappa shape index (κ3) is 3.11. The van der Waals surface area contributed by atoms with Crippen LogP contribution in [0.5, 0.6) is 0 Å². The van der Waals surface area contributed by atoms with Crippen molar-refractivity contribution < 1.29 is 14.5 Å². The summed E-state index contributed by atoms with van der Waals surface area (Å²) in [6.45, 7) is 3.70. The van der Waals surface area contributed by atoms with Gasteiger partial charge in [0.1, 0.15) is 5.69 Å². The molecular weight excluding hydrogens is 310 g/mol. The molecule has 0 aliphatic carbocycles. The van der Waals surface area contributed by atoms with Crippen LogP contribution in [-0.2, 0) is 9.59 Å². The monoisotopic (exact) mass is 331 g/mol. The molecule has 2 aliphatic rings. The molecule has 7 nitrogen and oxygen atoms in total. The maximum absolute atomic E-state index is 12.0. The molecule has 3 rings (SSSR count). The summed E-state index contributed by atoms with van der Waals surface area (Å²) < 4.78 is 0. The molecule has 0 saturated carbocycles. The minimum atomic E-state index is -0.434. The fraction of sp³-hybridized carbons (Fsp3) is 0.529. The Morgan fingerprint density at radius 2 is 1.88 bits per heavy atom. The summed E-state index contributed by atoms with van der Waals surface area (Å²) in [4.78, 5) is 38.3. The van der Waals surface area contributed by atoms with Gasteiger partial charge < -0.3 is 4.90 Å². The van der Waals surface area contributed by atoms with Crippen molar-refractivity contribution in [1.82, 2.24) is 0 Å². The van der Waals surface area contributed by atoms with Gasteiger partial charge in [0.2, 0.25) is 11.8 Å². The molecule has 0 radical (unpaired) electrons. The van der Waals surface area contributed by atoms with Crippen LogP contribution in [0.3, 0.4) is 0 Å². The number of nitro benzene ring substituents is 1. The molecule has 0 unspecified atom stereocenters. The first-order valence-electron chi connectivity index (χ1n) is 8.36. The van der Waals surface area contributed by atoms with Gasteiger partial charge in [-0.25, -0.2) is 0 Å². The van der Waals surface area contributed by atoms with E-state index >= 15 is 0 Å². The Kier molecular flexibility index (Phi) is 4.51. The molecule has 7 heteroatoms. The molecule has 1 atom stereocenters. The molecule has 0 bridgehead atoms. The third-order valence-electron chi connectivity index (χ3n) is 4.69. The van der Waals surface area contributed by atoms with E-state index < -0.39 is 4.92 Å². The lowest BCUT2D eigenvalue weighted by molar-refractivity contribution is -0.384. The number of amides is 2. The number of carbonyl (C=O) groups excluding carboxylic acids is 2. The Labute approximate surface area is 140 Å². The Morgan fingerprint density at radius 3 is 2.50 bits per heavy atom. The zero-order valence-electron chi connectivity index (χ0n) is 13.7. The van der Waals surface area contributed by atoms with Gasteiger partial charge in [0, 0.05) is 32.0 Å². The second-order valence-corrected chi connectivity index (χ2v) is 6.60. The number of nitrogens with zero attached hydrogens (tertiary/aromatic N) is 3. The fourth-order valence-electron chi connectivity index (χ4n) is 3.51. The van der Waals surface area contributed by atoms with Crippen molar-refractivity contribution in [2.45, 2.75) is 39.0 Å². The molecule has 2 heterocycles. The summed E-state index contributed by atoms with van der Waals surface area (Å²) in [5.41, 5.74) is 0.810. The van der Waals surface area contributed by atoms with Crippen molar-refractivity contribution in [1.29, 1.82) is 0 Å². The van der Waals surface area contributed by atoms with Crippen molar-refractivity contribution >= 4 is 28.9 Å². The van der Waals surface area contributed by atoms with Crippen LogP contribution in [-0.4, -0.2) is 29.8 Å². The molecule has 2 aliphatic heterocycles. The van der Waals surface area contributed by atoms with Gasteiger partial charge in [-0.05, 0) is 37.3 Å². The maximum atomic E-state index is 12.0. The smallest absolute Gasteiger partial charge is 0.294 e. The number of hydrogen-bond donors (Lipinski definition) is 0. The third-order valence-corrected chi connectivity index (χ3v) is 4.69. The van der Waals surface area contributed by atoms with Gasteiger partial charge in [0.25, 0.3) is 5.69 Å². The number of piperidine rings is 2. The molecule has 0 spiro atoms. The van der Waals surface area contributed by atoms with E-state index in [1.54, 1.807) is 12.1 Å². The van der Waals surface area contributed by atoms with E-state index in [2.05, 4.69) is 6.92 Å². The van der Waals surface area contributed by atoms with Crippen molar-refractivity contribution in [2.24, 2.45) is 5.92 Å². The first kappa shape index (κ1) is 16.4. The first-order valence-corrected chi connectivity index (χ1v) is 8.36. The number of anilines is 2. The lowest BCUT2D eigenvalue weighted by atomic mass is 9.99. The van der Waals surface area contributed by atoms with E-state index in [0.29, 0.717) is 36.6 Å². The van der Waals surface area contributed by atoms with Gasteiger partial charge >= 0.3 is 0 Å². The number of imide groups is 1. The predicted octanol–water partition coefficient (Wildman–Crippen LogP) is 2.87. The summed E-state index contributed by atoms with van der Waals surface area (Å²) in [7, 11) is 0. The van der Waals surface area contributed by atoms with Gasteiger partial charge in [-0.2, -0.15) is 0 Å². The van der Waals surface area contributed by atoms with Crippen LogP contribution in [0.25, 0.3) is 0 Å². The summed E-state index contributed by atoms with van der Waals surface area (Å²) in [6.07, 6.45) is 3.26. The van der Waals surface area contributed by atoms with E-state index in [4.69, 9.17) is 0 Å². The Balaban J connectivity index is 1.97. The topological polar surface area (TPSA) is 83.8 Å². The standard InChI is InChI=1S/C17H21N3O4/c1-12-4-3-9-18(11-12)14-8-7-13(10-15(14)20(23)24)19-16(21)5-2-6-17(19)22/h7-8,10,12H,2-6,9,11H2,1H3/t12-/m1/s1. The Bertz CT molecular complexity index is 672. The second-order valence-electron chi connectivity index (χ2n) is 6.60. The molecule has 24 heavy (non-hydrogen) atoms. The van der Waals surface area contributed by atoms with Crippen molar-refractivity contribution in [3.8, 4) is 0 Å². The summed E-state index contributed by atoms with van der Waals surface area (Å²) in [6, 6.07) is 4.67. The molecule has 128 valence electrons. The summed E-state index contributed by atoms with van der Waals surface area (Å²) in [5, 5.41) is 11.5. The quantitative estimate of drug-likeness (QED) is 0.483. The van der Waals surface area contributed by atoms with Gasteiger partial charge in [-0.1, -0.05) is 6.92 Å². The van der Waals surface area contributed by atoms with Crippen molar-refractivity contribution in [3.05, 3.63) is 28.3 Å². The molecule has 2 saturated heterocycles. The molecular formula is C17H21N3O4. The van der Waals surface area contributed by atoms with Crippen LogP contribution in [0, 0.1) is 16.0 Å². The molecule has 1 aromatic carbocycles. The largest absolute Gasteiger partial charge is 0.366 e. The molecule has 0 N–H and O–H groups in total. The number of benzene rings is 1. The first-order chi connectivity index (χ1) is 11.5. The van der Waals surface area contributed by atoms with E-state index in [-0.39, 0.29) is 17.5 Å². The number of nitro groups is 1. The fourth-order valence-corrected chi connectivity index (χ4v) is 3.51. The van der Waals surface area contributed by atoms with Crippen LogP contribution >= 0.6 is 0 Å². The van der Waals surface area contributed by atoms with Crippen LogP contribution in [0.4, 0.5) is 17.1 Å². The molecule has 2 fully saturated rings. The van der Waals surface area contributed by atoms with Gasteiger partial charge in [-0.3, -0.25) is 24.6 Å². The number of carbonyl (C=O) groups is 2. The van der Waals surface area contributed by atoms with Crippen LogP contribution in [0.2, 0.25) is 0 Å². The van der Waals surface area contributed by atoms with Crippen LogP contribution in [0.15, 0.2) is 18.2 Å². The summed E-state index contributed by atoms with van der Waals surface area (Å²) >= 11 is 0. The highest BCUT2D eigenvalue weighted by atomic mass is 16.6. The van der Waals surface area contributed by atoms with Gasteiger partial charge in [0.15, 0.2) is 0 Å². The van der Waals surface area contributed by atoms with Crippen molar-refractivity contribution in [3.63, 3.8) is 0 Å². The minimum absolute atomic E-state index is 0.0484. The van der Waals surface area contributed by atoms with E-state index in [1.165, 1.54) is 6.07 Å². The highest BCUT2D eigenvalue weighted by Gasteiger charge is 2.30. The second kappa shape index (κ2) is 6.59. The highest BCUT2D eigenvalue weighted by molar-refractivity contribution is 6.16. The van der Waals surface area contributed by atoms with E-state index in [0.717, 1.165) is 30.8 Å². The van der Waals surface area contributed by atoms with E-state index in [1.807, 2.05) is 4.90 Å². The normalized spacial score (nSPS) is 22.0. The van der Waals surface area contributed by atoms with Crippen LogP contribution < -0.4 is 9.80 Å². The molecule has 0 aromatic heterocycles. The summed E-state index contributed by atoms with van der Waals surface area (Å²) in [5.74, 6) is -0.0944. The maximum Gasteiger partial charge on any atom is 0.294 e. The zero-order chi connectivity index (χ0) is 17.3. The van der Waals surface area contributed by atoms with Crippen LogP contribution in [0.1, 0.15) is 39.0 Å². The zero-order valence-corrected chi connectivity index (χ0v) is 13.7. The van der Waals surface area contributed by atoms with E-state index in [9.17, 15) is 19.7 Å². The Hall–Kier alpha value is -2.44. The minimum Gasteiger partial charge on any atom is -0.366 e. The molecule has 1 aromatic rings. The Morgan fingerprint density at radius 1 is 1.17 bits per heavy atom. The number of hydrogen-bond acceptors (Lipinski definition) is 5. The average Bonchev–Trinajstić information content (AvgIpc) is 2.54. The predicted molar refractivity (Wildman–Crippen MR) is 90.1 cm³/mol. The van der Waals surface area contributed by atoms with Gasteiger partial charge in [0.05, 0.1) is 10.6 Å². The lowest BCUT2D eigenvalue weighted by Gasteiger charge is -2.33. The van der Waals surface area contributed by atoms with Gasteiger partial charge in [-0.15, -0.1) is 0 Å². The number of rotatable bonds is 3. The van der Waals surface area contributed by atoms with Crippen molar-refractivity contribution in [2.75, 3.05) is 22.9 Å².